The highest BCUT2D eigenvalue weighted by molar-refractivity contribution is 5.76. The molecule has 5 nitrogen and oxygen atoms in total. The van der Waals surface area contributed by atoms with Gasteiger partial charge in [-0.2, -0.15) is 0 Å². The van der Waals surface area contributed by atoms with E-state index in [2.05, 4.69) is 6.58 Å². The lowest BCUT2D eigenvalue weighted by molar-refractivity contribution is -0.297. The molecule has 2 aliphatic rings. The standard InChI is InChI=1S/C6H10O3.C3H4O2/c1(5-3-8-5)7-2-6-4-9-6;1-2-3(4)5/h5-6H,1-4H2;2H,1H2,(H,4,5)/p-1. The number of epoxide rings is 2. The molecule has 0 aromatic carbocycles. The number of ether oxygens (including phenoxy) is 3. The van der Waals surface area contributed by atoms with Gasteiger partial charge in [-0.3, -0.25) is 0 Å². The first kappa shape index (κ1) is 11.2. The van der Waals surface area contributed by atoms with Crippen LogP contribution in [0.2, 0.25) is 0 Å². The molecule has 5 heteroatoms. The van der Waals surface area contributed by atoms with Gasteiger partial charge < -0.3 is 24.1 Å². The minimum atomic E-state index is -1.23. The number of carbonyl (C=O) groups excluding carboxylic acids is 1. The topological polar surface area (TPSA) is 74.4 Å². The zero-order valence-corrected chi connectivity index (χ0v) is 7.81. The number of carbonyl (C=O) groups is 1. The minimum Gasteiger partial charge on any atom is -0.545 e. The molecule has 80 valence electrons. The van der Waals surface area contributed by atoms with E-state index in [1.54, 1.807) is 0 Å². The summed E-state index contributed by atoms with van der Waals surface area (Å²) in [7, 11) is 0. The van der Waals surface area contributed by atoms with Crippen molar-refractivity contribution in [2.24, 2.45) is 0 Å². The minimum absolute atomic E-state index is 0.392. The van der Waals surface area contributed by atoms with Crippen molar-refractivity contribution in [3.63, 3.8) is 0 Å². The van der Waals surface area contributed by atoms with E-state index in [0.717, 1.165) is 32.5 Å². The van der Waals surface area contributed by atoms with Crippen LogP contribution in [0.4, 0.5) is 0 Å². The van der Waals surface area contributed by atoms with Gasteiger partial charge in [-0.1, -0.05) is 6.58 Å². The van der Waals surface area contributed by atoms with Gasteiger partial charge in [0.25, 0.3) is 0 Å². The zero-order valence-electron chi connectivity index (χ0n) is 7.81. The monoisotopic (exact) mass is 201 g/mol. The van der Waals surface area contributed by atoms with Crippen LogP contribution in [0.3, 0.4) is 0 Å². The fourth-order valence-electron chi connectivity index (χ4n) is 0.659. The van der Waals surface area contributed by atoms with Crippen LogP contribution in [0.5, 0.6) is 0 Å². The van der Waals surface area contributed by atoms with Crippen molar-refractivity contribution in [2.45, 2.75) is 12.2 Å². The molecule has 0 N–H and O–H groups in total. The first-order chi connectivity index (χ1) is 6.72. The largest absolute Gasteiger partial charge is 0.545 e. The molecular formula is C9H13O5-. The maximum atomic E-state index is 9.14. The second-order valence-corrected chi connectivity index (χ2v) is 2.97. The number of hydrogen-bond donors (Lipinski definition) is 0. The van der Waals surface area contributed by atoms with E-state index in [9.17, 15) is 0 Å². The zero-order chi connectivity index (χ0) is 10.4. The summed E-state index contributed by atoms with van der Waals surface area (Å²) in [6, 6.07) is 0. The lowest BCUT2D eigenvalue weighted by atomic mass is 10.5. The summed E-state index contributed by atoms with van der Waals surface area (Å²) in [5.74, 6) is -1.23. The third-order valence-electron chi connectivity index (χ3n) is 1.58. The molecule has 2 atom stereocenters. The quantitative estimate of drug-likeness (QED) is 0.409. The number of aliphatic carboxylic acids is 1. The van der Waals surface area contributed by atoms with Gasteiger partial charge in [-0.15, -0.1) is 0 Å². The van der Waals surface area contributed by atoms with Gasteiger partial charge in [0, 0.05) is 0 Å². The second-order valence-electron chi connectivity index (χ2n) is 2.97. The Bertz CT molecular complexity index is 183. The molecule has 0 spiro atoms. The van der Waals surface area contributed by atoms with Crippen molar-refractivity contribution < 1.29 is 24.1 Å². The van der Waals surface area contributed by atoms with Crippen LogP contribution in [0.1, 0.15) is 0 Å². The summed E-state index contributed by atoms with van der Waals surface area (Å²) in [6.45, 7) is 6.16. The molecule has 2 aliphatic heterocycles. The van der Waals surface area contributed by atoms with Gasteiger partial charge in [0.1, 0.15) is 12.2 Å². The van der Waals surface area contributed by atoms with Crippen molar-refractivity contribution in [3.05, 3.63) is 12.7 Å². The summed E-state index contributed by atoms with van der Waals surface area (Å²) in [4.78, 5) is 9.14. The van der Waals surface area contributed by atoms with E-state index in [1.165, 1.54) is 0 Å². The van der Waals surface area contributed by atoms with Crippen LogP contribution in [0.25, 0.3) is 0 Å². The maximum absolute atomic E-state index is 9.14. The highest BCUT2D eigenvalue weighted by Crippen LogP contribution is 2.12. The smallest absolute Gasteiger partial charge is 0.104 e. The highest BCUT2D eigenvalue weighted by atomic mass is 16.6. The van der Waals surface area contributed by atoms with E-state index in [4.69, 9.17) is 24.1 Å². The van der Waals surface area contributed by atoms with Crippen molar-refractivity contribution in [1.29, 1.82) is 0 Å². The van der Waals surface area contributed by atoms with E-state index in [0.29, 0.717) is 12.2 Å². The highest BCUT2D eigenvalue weighted by Gasteiger charge is 2.26. The third-order valence-corrected chi connectivity index (χ3v) is 1.58. The molecule has 2 saturated heterocycles. The predicted molar refractivity (Wildman–Crippen MR) is 45.5 cm³/mol. The molecule has 0 saturated carbocycles. The Morgan fingerprint density at radius 1 is 1.43 bits per heavy atom. The number of hydrogen-bond acceptors (Lipinski definition) is 5. The average Bonchev–Trinajstić information content (AvgIpc) is 2.99. The van der Waals surface area contributed by atoms with Gasteiger partial charge >= 0.3 is 0 Å². The van der Waals surface area contributed by atoms with Crippen LogP contribution in [0, 0.1) is 0 Å². The molecule has 0 bridgehead atoms. The van der Waals surface area contributed by atoms with E-state index < -0.39 is 5.97 Å². The van der Waals surface area contributed by atoms with Crippen LogP contribution in [-0.4, -0.2) is 44.6 Å². The van der Waals surface area contributed by atoms with Crippen LogP contribution < -0.4 is 5.11 Å². The molecule has 2 fully saturated rings. The molecule has 14 heavy (non-hydrogen) atoms. The summed E-state index contributed by atoms with van der Waals surface area (Å²) < 4.78 is 15.1. The molecule has 2 unspecified atom stereocenters. The number of carboxylic acid groups (broad SMARTS) is 1. The fraction of sp³-hybridized carbons (Fsp3) is 0.667. The molecule has 0 amide bonds. The molecule has 0 aliphatic carbocycles. The normalized spacial score (nSPS) is 27.1. The molecule has 0 radical (unpaired) electrons. The molecular weight excluding hydrogens is 188 g/mol. The average molecular weight is 201 g/mol. The second kappa shape index (κ2) is 5.74. The van der Waals surface area contributed by atoms with Gasteiger partial charge in [0.05, 0.1) is 32.4 Å². The lowest BCUT2D eigenvalue weighted by Crippen LogP contribution is -2.17. The first-order valence-electron chi connectivity index (χ1n) is 4.36. The van der Waals surface area contributed by atoms with Gasteiger partial charge in [-0.25, -0.2) is 0 Å². The number of carboxylic acids is 1. The predicted octanol–water partition coefficient (Wildman–Crippen LogP) is -1.28. The SMILES string of the molecule is C(OCC1CO1)C1CO1.C=CC(=O)[O-]. The van der Waals surface area contributed by atoms with Gasteiger partial charge in [-0.05, 0) is 6.08 Å². The Balaban J connectivity index is 0.000000171. The van der Waals surface area contributed by atoms with Crippen LogP contribution >= 0.6 is 0 Å². The van der Waals surface area contributed by atoms with E-state index in [-0.39, 0.29) is 0 Å². The number of rotatable bonds is 5. The van der Waals surface area contributed by atoms with Crippen molar-refractivity contribution in [1.82, 2.24) is 0 Å². The maximum Gasteiger partial charge on any atom is 0.104 e. The summed E-state index contributed by atoms with van der Waals surface area (Å²) in [5.41, 5.74) is 0. The van der Waals surface area contributed by atoms with Crippen LogP contribution in [-0.2, 0) is 19.0 Å². The van der Waals surface area contributed by atoms with Crippen LogP contribution in [0.15, 0.2) is 12.7 Å². The van der Waals surface area contributed by atoms with Gasteiger partial charge in [0.15, 0.2) is 0 Å². The third kappa shape index (κ3) is 6.59. The Morgan fingerprint density at radius 3 is 2.00 bits per heavy atom. The van der Waals surface area contributed by atoms with Crippen molar-refractivity contribution in [3.8, 4) is 0 Å². The molecule has 2 heterocycles. The summed E-state index contributed by atoms with van der Waals surface area (Å²) in [5, 5.41) is 9.14. The van der Waals surface area contributed by atoms with E-state index in [1.807, 2.05) is 0 Å². The Kier molecular flexibility index (Phi) is 4.58. The Labute approximate surface area is 82.3 Å². The van der Waals surface area contributed by atoms with E-state index >= 15 is 0 Å². The lowest BCUT2D eigenvalue weighted by Gasteiger charge is -1.95. The summed E-state index contributed by atoms with van der Waals surface area (Å²) >= 11 is 0. The van der Waals surface area contributed by atoms with Gasteiger partial charge in [0.2, 0.25) is 0 Å². The molecule has 0 aromatic heterocycles. The Morgan fingerprint density at radius 2 is 1.79 bits per heavy atom. The fourth-order valence-corrected chi connectivity index (χ4v) is 0.659. The molecule has 2 rings (SSSR count). The van der Waals surface area contributed by atoms with Crippen molar-refractivity contribution >= 4 is 5.97 Å². The Hall–Kier alpha value is -0.910. The molecule has 0 aromatic rings. The summed E-state index contributed by atoms with van der Waals surface area (Å²) in [6.07, 6.45) is 1.51. The first-order valence-corrected chi connectivity index (χ1v) is 4.36. The van der Waals surface area contributed by atoms with Crippen molar-refractivity contribution in [2.75, 3.05) is 26.4 Å².